The highest BCUT2D eigenvalue weighted by atomic mass is 16.2. The van der Waals surface area contributed by atoms with Gasteiger partial charge in [-0.1, -0.05) is 84.6 Å². The lowest BCUT2D eigenvalue weighted by Gasteiger charge is -2.43. The minimum absolute atomic E-state index is 0.114. The normalized spacial score (nSPS) is 20.1. The summed E-state index contributed by atoms with van der Waals surface area (Å²) in [5.74, 6) is -0.272. The molecule has 1 aliphatic heterocycles. The Bertz CT molecular complexity index is 1100. The maximum absolute atomic E-state index is 13.4. The predicted octanol–water partition coefficient (Wildman–Crippen LogP) is 5.91. The maximum Gasteiger partial charge on any atom is 0.261 e. The first-order chi connectivity index (χ1) is 16.5. The van der Waals surface area contributed by atoms with Crippen molar-refractivity contribution in [3.63, 3.8) is 0 Å². The first-order valence-corrected chi connectivity index (χ1v) is 12.3. The zero-order chi connectivity index (χ0) is 23.7. The summed E-state index contributed by atoms with van der Waals surface area (Å²) in [6.07, 6.45) is 3.99. The quantitative estimate of drug-likeness (QED) is 0.436. The van der Waals surface area contributed by atoms with Crippen LogP contribution in [0.25, 0.3) is 0 Å². The zero-order valence-corrected chi connectivity index (χ0v) is 20.0. The van der Waals surface area contributed by atoms with Crippen LogP contribution in [-0.2, 0) is 13.1 Å². The van der Waals surface area contributed by atoms with Crippen molar-refractivity contribution in [1.82, 2.24) is 9.80 Å². The smallest absolute Gasteiger partial charge is 0.261 e. The van der Waals surface area contributed by atoms with Gasteiger partial charge in [-0.3, -0.25) is 19.4 Å². The molecule has 3 aromatic carbocycles. The molecule has 2 atom stereocenters. The molecule has 1 heterocycles. The SMILES string of the molecule is Cc1ccc(CN(Cc2ccc(C)cc2)[C@@H]2CCCC[C@H]2N2C(=O)c3ccccc3C2=O)cc1. The Morgan fingerprint density at radius 2 is 1.18 bits per heavy atom. The molecule has 34 heavy (non-hydrogen) atoms. The van der Waals surface area contributed by atoms with Gasteiger partial charge in [-0.15, -0.1) is 0 Å². The van der Waals surface area contributed by atoms with Gasteiger partial charge in [-0.05, 0) is 49.9 Å². The van der Waals surface area contributed by atoms with E-state index in [-0.39, 0.29) is 23.9 Å². The summed E-state index contributed by atoms with van der Waals surface area (Å²) in [6.45, 7) is 5.79. The van der Waals surface area contributed by atoms with Crippen LogP contribution in [0.5, 0.6) is 0 Å². The van der Waals surface area contributed by atoms with Crippen molar-refractivity contribution in [2.24, 2.45) is 0 Å². The fraction of sp³-hybridized carbons (Fsp3) is 0.333. The molecule has 0 aromatic heterocycles. The topological polar surface area (TPSA) is 40.6 Å². The molecular formula is C30H32N2O2. The lowest BCUT2D eigenvalue weighted by Crippen LogP contribution is -2.54. The van der Waals surface area contributed by atoms with Crippen LogP contribution in [0.4, 0.5) is 0 Å². The number of benzene rings is 3. The van der Waals surface area contributed by atoms with Gasteiger partial charge in [0.15, 0.2) is 0 Å². The summed E-state index contributed by atoms with van der Waals surface area (Å²) in [6, 6.07) is 24.6. The fourth-order valence-electron chi connectivity index (χ4n) is 5.47. The van der Waals surface area contributed by atoms with E-state index in [1.807, 2.05) is 12.1 Å². The van der Waals surface area contributed by atoms with Crippen LogP contribution in [0.2, 0.25) is 0 Å². The van der Waals surface area contributed by atoms with Crippen LogP contribution in [0.3, 0.4) is 0 Å². The number of carbonyl (C=O) groups is 2. The lowest BCUT2D eigenvalue weighted by molar-refractivity contribution is 0.0303. The van der Waals surface area contributed by atoms with E-state index in [0.717, 1.165) is 38.8 Å². The summed E-state index contributed by atoms with van der Waals surface area (Å²) < 4.78 is 0. The van der Waals surface area contributed by atoms with E-state index in [1.165, 1.54) is 22.3 Å². The van der Waals surface area contributed by atoms with Crippen LogP contribution in [0.15, 0.2) is 72.8 Å². The average molecular weight is 453 g/mol. The molecule has 4 heteroatoms. The minimum atomic E-state index is -0.136. The van der Waals surface area contributed by atoms with E-state index in [4.69, 9.17) is 0 Å². The van der Waals surface area contributed by atoms with Crippen LogP contribution >= 0.6 is 0 Å². The molecule has 0 radical (unpaired) electrons. The van der Waals surface area contributed by atoms with E-state index in [9.17, 15) is 9.59 Å². The number of nitrogens with zero attached hydrogens (tertiary/aromatic N) is 2. The second-order valence-corrected chi connectivity index (χ2v) is 9.82. The highest BCUT2D eigenvalue weighted by Crippen LogP contribution is 2.34. The average Bonchev–Trinajstić information content (AvgIpc) is 3.11. The molecule has 5 rings (SSSR count). The van der Waals surface area contributed by atoms with Gasteiger partial charge in [0, 0.05) is 19.1 Å². The summed E-state index contributed by atoms with van der Waals surface area (Å²) in [5, 5.41) is 0. The molecule has 1 saturated carbocycles. The maximum atomic E-state index is 13.4. The molecule has 174 valence electrons. The van der Waals surface area contributed by atoms with E-state index < -0.39 is 0 Å². The van der Waals surface area contributed by atoms with Crippen LogP contribution in [-0.4, -0.2) is 33.7 Å². The highest BCUT2D eigenvalue weighted by molar-refractivity contribution is 6.21. The molecular weight excluding hydrogens is 420 g/mol. The van der Waals surface area contributed by atoms with Gasteiger partial charge in [-0.25, -0.2) is 0 Å². The Kier molecular flexibility index (Phi) is 6.34. The molecule has 1 aliphatic carbocycles. The molecule has 0 unspecified atom stereocenters. The molecule has 3 aromatic rings. The number of hydrogen-bond donors (Lipinski definition) is 0. The zero-order valence-electron chi connectivity index (χ0n) is 20.0. The predicted molar refractivity (Wildman–Crippen MR) is 135 cm³/mol. The van der Waals surface area contributed by atoms with E-state index in [0.29, 0.717) is 11.1 Å². The van der Waals surface area contributed by atoms with Gasteiger partial charge in [-0.2, -0.15) is 0 Å². The summed E-state index contributed by atoms with van der Waals surface area (Å²) in [7, 11) is 0. The van der Waals surface area contributed by atoms with E-state index in [2.05, 4.69) is 67.3 Å². The first kappa shape index (κ1) is 22.5. The van der Waals surface area contributed by atoms with Crippen LogP contribution < -0.4 is 0 Å². The third-order valence-electron chi connectivity index (χ3n) is 7.33. The van der Waals surface area contributed by atoms with Gasteiger partial charge in [0.1, 0.15) is 0 Å². The molecule has 0 N–H and O–H groups in total. The second kappa shape index (κ2) is 9.55. The van der Waals surface area contributed by atoms with Crippen LogP contribution in [0, 0.1) is 13.8 Å². The van der Waals surface area contributed by atoms with Gasteiger partial charge in [0.05, 0.1) is 17.2 Å². The third-order valence-corrected chi connectivity index (χ3v) is 7.33. The summed E-state index contributed by atoms with van der Waals surface area (Å²) >= 11 is 0. The molecule has 0 bridgehead atoms. The largest absolute Gasteiger partial charge is 0.290 e. The Labute approximate surface area is 202 Å². The number of hydrogen-bond acceptors (Lipinski definition) is 3. The molecule has 1 fully saturated rings. The minimum Gasteiger partial charge on any atom is -0.290 e. The number of amides is 2. The molecule has 0 spiro atoms. The van der Waals surface area contributed by atoms with E-state index in [1.54, 1.807) is 17.0 Å². The molecule has 2 aliphatic rings. The van der Waals surface area contributed by atoms with Crippen molar-refractivity contribution >= 4 is 11.8 Å². The lowest BCUT2D eigenvalue weighted by atomic mass is 9.87. The Hall–Kier alpha value is -3.24. The number of carbonyl (C=O) groups excluding carboxylic acids is 2. The van der Waals surface area contributed by atoms with E-state index >= 15 is 0 Å². The number of aryl methyl sites for hydroxylation is 2. The Balaban J connectivity index is 1.47. The Morgan fingerprint density at radius 3 is 1.68 bits per heavy atom. The van der Waals surface area contributed by atoms with Gasteiger partial charge in [0.2, 0.25) is 0 Å². The summed E-state index contributed by atoms with van der Waals surface area (Å²) in [5.41, 5.74) is 6.08. The van der Waals surface area contributed by atoms with Crippen molar-refractivity contribution < 1.29 is 9.59 Å². The van der Waals surface area contributed by atoms with Crippen molar-refractivity contribution in [2.45, 2.75) is 64.7 Å². The standard InChI is InChI=1S/C30H32N2O2/c1-21-11-15-23(16-12-21)19-31(20-24-17-13-22(2)14-18-24)27-9-5-6-10-28(27)32-29(33)25-7-3-4-8-26(25)30(32)34/h3-4,7-8,11-18,27-28H,5-6,9-10,19-20H2,1-2H3/t27-,28-/m1/s1. The van der Waals surface area contributed by atoms with Crippen molar-refractivity contribution in [3.05, 3.63) is 106 Å². The highest BCUT2D eigenvalue weighted by Gasteiger charge is 2.44. The Morgan fingerprint density at radius 1 is 0.706 bits per heavy atom. The number of fused-ring (bicyclic) bond motifs is 1. The molecule has 4 nitrogen and oxygen atoms in total. The molecule has 2 amide bonds. The monoisotopic (exact) mass is 452 g/mol. The number of imide groups is 1. The van der Waals surface area contributed by atoms with Gasteiger partial charge >= 0.3 is 0 Å². The van der Waals surface area contributed by atoms with Crippen molar-refractivity contribution in [3.8, 4) is 0 Å². The second-order valence-electron chi connectivity index (χ2n) is 9.82. The number of rotatable bonds is 6. The van der Waals surface area contributed by atoms with Gasteiger partial charge in [0.25, 0.3) is 11.8 Å². The first-order valence-electron chi connectivity index (χ1n) is 12.3. The molecule has 0 saturated heterocycles. The van der Waals surface area contributed by atoms with Gasteiger partial charge < -0.3 is 0 Å². The van der Waals surface area contributed by atoms with Crippen LogP contribution in [0.1, 0.15) is 68.7 Å². The fourth-order valence-corrected chi connectivity index (χ4v) is 5.47. The van der Waals surface area contributed by atoms with Crippen molar-refractivity contribution in [2.75, 3.05) is 0 Å². The summed E-state index contributed by atoms with van der Waals surface area (Å²) in [4.78, 5) is 30.8. The van der Waals surface area contributed by atoms with Crippen molar-refractivity contribution in [1.29, 1.82) is 0 Å². The third kappa shape index (κ3) is 4.43.